The van der Waals surface area contributed by atoms with E-state index >= 15 is 0 Å². The van der Waals surface area contributed by atoms with Gasteiger partial charge in [0.05, 0.1) is 4.90 Å². The number of carbonyl (C=O) groups excluding carboxylic acids is 1. The summed E-state index contributed by atoms with van der Waals surface area (Å²) in [6.45, 7) is 5.48. The number of fused-ring (bicyclic) bond motifs is 2. The molecule has 138 valence electrons. The first kappa shape index (κ1) is 18.5. The summed E-state index contributed by atoms with van der Waals surface area (Å²) in [6, 6.07) is 7.03. The Morgan fingerprint density at radius 3 is 2.12 bits per heavy atom. The third kappa shape index (κ3) is 2.64. The molecule has 9 heteroatoms. The molecule has 2 aliphatic rings. The van der Waals surface area contributed by atoms with E-state index in [1.807, 2.05) is 13.8 Å². The minimum absolute atomic E-state index is 0.239. The SMILES string of the molecule is CC12CCC(C(S(=O)(=O)OOS(=O)(=O)c3ccccc3)C1=O)C2(C)C. The van der Waals surface area contributed by atoms with Crippen LogP contribution in [-0.2, 0) is 33.7 Å². The van der Waals surface area contributed by atoms with Crippen LogP contribution in [0.1, 0.15) is 33.6 Å². The summed E-state index contributed by atoms with van der Waals surface area (Å²) in [7, 11) is -8.95. The molecule has 3 unspecified atom stereocenters. The van der Waals surface area contributed by atoms with Crippen LogP contribution >= 0.6 is 0 Å². The highest BCUT2D eigenvalue weighted by Crippen LogP contribution is 2.65. The molecule has 0 heterocycles. The Bertz CT molecular complexity index is 903. The Hall–Kier alpha value is -1.29. The molecule has 0 radical (unpaired) electrons. The van der Waals surface area contributed by atoms with Gasteiger partial charge in [-0.3, -0.25) is 4.79 Å². The van der Waals surface area contributed by atoms with E-state index in [9.17, 15) is 21.6 Å². The molecule has 3 rings (SSSR count). The summed E-state index contributed by atoms with van der Waals surface area (Å²) in [5.41, 5.74) is -1.28. The van der Waals surface area contributed by atoms with Gasteiger partial charge in [-0.05, 0) is 36.3 Å². The predicted molar refractivity (Wildman–Crippen MR) is 88.1 cm³/mol. The molecule has 0 spiro atoms. The number of rotatable bonds is 5. The summed E-state index contributed by atoms with van der Waals surface area (Å²) in [4.78, 5) is 12.4. The van der Waals surface area contributed by atoms with Gasteiger partial charge in [-0.25, -0.2) is 0 Å². The molecule has 7 nitrogen and oxygen atoms in total. The van der Waals surface area contributed by atoms with Crippen molar-refractivity contribution in [2.24, 2.45) is 16.7 Å². The average Bonchev–Trinajstić information content (AvgIpc) is 2.86. The Morgan fingerprint density at radius 1 is 1.00 bits per heavy atom. The Kier molecular flexibility index (Phi) is 4.15. The average molecular weight is 388 g/mol. The molecular formula is C16H20O7S2. The monoisotopic (exact) mass is 388 g/mol. The largest absolute Gasteiger partial charge is 0.324 e. The fourth-order valence-corrected chi connectivity index (χ4v) is 6.74. The maximum Gasteiger partial charge on any atom is 0.324 e. The summed E-state index contributed by atoms with van der Waals surface area (Å²) in [5.74, 6) is -0.868. The van der Waals surface area contributed by atoms with E-state index in [0.717, 1.165) is 0 Å². The summed E-state index contributed by atoms with van der Waals surface area (Å²) >= 11 is 0. The van der Waals surface area contributed by atoms with Crippen LogP contribution in [0.15, 0.2) is 35.2 Å². The second kappa shape index (κ2) is 5.60. The van der Waals surface area contributed by atoms with Crippen molar-refractivity contribution in [3.63, 3.8) is 0 Å². The minimum atomic E-state index is -4.54. The van der Waals surface area contributed by atoms with Crippen molar-refractivity contribution in [1.29, 1.82) is 0 Å². The number of hydrogen-bond donors (Lipinski definition) is 0. The normalized spacial score (nSPS) is 31.4. The van der Waals surface area contributed by atoms with E-state index in [4.69, 9.17) is 0 Å². The van der Waals surface area contributed by atoms with Gasteiger partial charge in [0.15, 0.2) is 11.0 Å². The lowest BCUT2D eigenvalue weighted by molar-refractivity contribution is -0.129. The lowest BCUT2D eigenvalue weighted by Gasteiger charge is -2.32. The Morgan fingerprint density at radius 2 is 1.60 bits per heavy atom. The van der Waals surface area contributed by atoms with Crippen LogP contribution in [0.3, 0.4) is 0 Å². The summed E-state index contributed by atoms with van der Waals surface area (Å²) < 4.78 is 57.7. The first-order chi connectivity index (χ1) is 11.4. The third-order valence-electron chi connectivity index (χ3n) is 6.03. The predicted octanol–water partition coefficient (Wildman–Crippen LogP) is 2.05. The van der Waals surface area contributed by atoms with Crippen molar-refractivity contribution in [3.05, 3.63) is 30.3 Å². The van der Waals surface area contributed by atoms with E-state index in [2.05, 4.69) is 8.67 Å². The molecule has 0 N–H and O–H groups in total. The second-order valence-corrected chi connectivity index (χ2v) is 10.5. The van der Waals surface area contributed by atoms with Crippen LogP contribution in [0, 0.1) is 16.7 Å². The van der Waals surface area contributed by atoms with Crippen molar-refractivity contribution in [2.45, 2.75) is 43.8 Å². The van der Waals surface area contributed by atoms with Crippen LogP contribution in [0.2, 0.25) is 0 Å². The standard InChI is InChI=1S/C16H20O7S2/c1-15(2)12-9-10-16(15,3)14(17)13(12)25(20,21)23-22-24(18,19)11-7-5-4-6-8-11/h4-8,12-13H,9-10H2,1-3H3. The topological polar surface area (TPSA) is 104 Å². The lowest BCUT2D eigenvalue weighted by Crippen LogP contribution is -2.40. The fraction of sp³-hybridized carbons (Fsp3) is 0.562. The zero-order valence-corrected chi connectivity index (χ0v) is 15.8. The highest BCUT2D eigenvalue weighted by Gasteiger charge is 2.70. The molecule has 0 saturated heterocycles. The number of Topliss-reactive ketones (excluding diaryl/α,β-unsaturated/α-hetero) is 1. The third-order valence-corrected chi connectivity index (χ3v) is 8.63. The first-order valence-corrected chi connectivity index (χ1v) is 10.8. The van der Waals surface area contributed by atoms with Gasteiger partial charge in [0.25, 0.3) is 0 Å². The number of carbonyl (C=O) groups is 1. The zero-order valence-electron chi connectivity index (χ0n) is 14.1. The van der Waals surface area contributed by atoms with E-state index in [0.29, 0.717) is 12.8 Å². The minimum Gasteiger partial charge on any atom is -0.297 e. The summed E-state index contributed by atoms with van der Waals surface area (Å²) in [5, 5.41) is -1.41. The van der Waals surface area contributed by atoms with Crippen molar-refractivity contribution in [2.75, 3.05) is 0 Å². The molecule has 1 aromatic rings. The smallest absolute Gasteiger partial charge is 0.297 e. The van der Waals surface area contributed by atoms with Crippen LogP contribution in [0.4, 0.5) is 0 Å². The van der Waals surface area contributed by atoms with E-state index < -0.39 is 48.0 Å². The molecule has 0 amide bonds. The molecule has 2 saturated carbocycles. The van der Waals surface area contributed by atoms with Crippen LogP contribution < -0.4 is 0 Å². The lowest BCUT2D eigenvalue weighted by atomic mass is 9.70. The second-order valence-electron chi connectivity index (χ2n) is 7.38. The van der Waals surface area contributed by atoms with Gasteiger partial charge in [0, 0.05) is 5.41 Å². The van der Waals surface area contributed by atoms with Crippen LogP contribution in [-0.4, -0.2) is 27.9 Å². The Balaban J connectivity index is 1.84. The molecule has 0 aromatic heterocycles. The molecule has 2 fully saturated rings. The molecule has 2 aliphatic carbocycles. The van der Waals surface area contributed by atoms with Gasteiger partial charge < -0.3 is 0 Å². The van der Waals surface area contributed by atoms with Gasteiger partial charge in [0.2, 0.25) is 0 Å². The van der Waals surface area contributed by atoms with Gasteiger partial charge >= 0.3 is 20.2 Å². The van der Waals surface area contributed by atoms with Gasteiger partial charge in [0.1, 0.15) is 0 Å². The van der Waals surface area contributed by atoms with Crippen LogP contribution in [0.25, 0.3) is 0 Å². The number of ketones is 1. The molecule has 2 bridgehead atoms. The van der Waals surface area contributed by atoms with Crippen LogP contribution in [0.5, 0.6) is 0 Å². The van der Waals surface area contributed by atoms with E-state index in [-0.39, 0.29) is 4.90 Å². The summed E-state index contributed by atoms with van der Waals surface area (Å²) in [6.07, 6.45) is 1.17. The van der Waals surface area contributed by atoms with Crippen molar-refractivity contribution in [1.82, 2.24) is 0 Å². The molecule has 1 aromatic carbocycles. The molecular weight excluding hydrogens is 368 g/mol. The Labute approximate surface area is 147 Å². The van der Waals surface area contributed by atoms with Crippen molar-refractivity contribution < 1.29 is 30.3 Å². The number of hydrogen-bond acceptors (Lipinski definition) is 7. The van der Waals surface area contributed by atoms with Crippen molar-refractivity contribution in [3.8, 4) is 0 Å². The maximum atomic E-state index is 12.7. The van der Waals surface area contributed by atoms with E-state index in [1.54, 1.807) is 13.0 Å². The van der Waals surface area contributed by atoms with Crippen molar-refractivity contribution >= 4 is 26.0 Å². The molecule has 3 atom stereocenters. The highest BCUT2D eigenvalue weighted by molar-refractivity contribution is 7.89. The first-order valence-electron chi connectivity index (χ1n) is 7.89. The molecule has 0 aliphatic heterocycles. The fourth-order valence-electron chi connectivity index (χ4n) is 4.08. The van der Waals surface area contributed by atoms with E-state index in [1.165, 1.54) is 24.3 Å². The van der Waals surface area contributed by atoms with Gasteiger partial charge in [-0.1, -0.05) is 47.6 Å². The maximum absolute atomic E-state index is 12.7. The number of benzene rings is 1. The van der Waals surface area contributed by atoms with Gasteiger partial charge in [-0.2, -0.15) is 16.8 Å². The zero-order chi connectivity index (χ0) is 18.7. The molecule has 25 heavy (non-hydrogen) atoms. The quantitative estimate of drug-likeness (QED) is 0.561. The highest BCUT2D eigenvalue weighted by atomic mass is 32.2. The van der Waals surface area contributed by atoms with Gasteiger partial charge in [-0.15, -0.1) is 0 Å².